The summed E-state index contributed by atoms with van der Waals surface area (Å²) in [6.45, 7) is 4.08. The van der Waals surface area contributed by atoms with Gasteiger partial charge in [-0.1, -0.05) is 32.5 Å². The number of carbonyl (C=O) groups excluding carboxylic acids is 1. The molecule has 4 N–H and O–H groups in total. The quantitative estimate of drug-likeness (QED) is 0.716. The van der Waals surface area contributed by atoms with E-state index < -0.39 is 0 Å². The molecule has 0 saturated carbocycles. The number of halogens is 1. The Morgan fingerprint density at radius 3 is 2.96 bits per heavy atom. The van der Waals surface area contributed by atoms with E-state index in [1.807, 2.05) is 6.92 Å². The van der Waals surface area contributed by atoms with E-state index in [2.05, 4.69) is 17.2 Å². The van der Waals surface area contributed by atoms with Gasteiger partial charge in [0.15, 0.2) is 0 Å². The van der Waals surface area contributed by atoms with E-state index in [9.17, 15) is 9.18 Å². The van der Waals surface area contributed by atoms with E-state index >= 15 is 0 Å². The van der Waals surface area contributed by atoms with Crippen molar-refractivity contribution in [1.82, 2.24) is 10.3 Å². The van der Waals surface area contributed by atoms with Crippen molar-refractivity contribution in [1.29, 1.82) is 0 Å². The fourth-order valence-corrected chi connectivity index (χ4v) is 3.90. The monoisotopic (exact) mass is 361 g/mol. The highest BCUT2D eigenvalue weighted by Gasteiger charge is 2.30. The highest BCUT2D eigenvalue weighted by molar-refractivity contribution is 7.80. The Labute approximate surface area is 152 Å². The number of carbonyl (C=O) groups is 1. The molecule has 1 aliphatic rings. The van der Waals surface area contributed by atoms with Crippen molar-refractivity contribution in [2.45, 2.75) is 45.6 Å². The Balaban J connectivity index is 1.79. The van der Waals surface area contributed by atoms with E-state index in [1.54, 1.807) is 12.1 Å². The number of rotatable bonds is 5. The Hall–Kier alpha value is -1.95. The molecule has 1 amide bonds. The molecule has 0 fully saturated rings. The van der Waals surface area contributed by atoms with Gasteiger partial charge in [-0.3, -0.25) is 4.79 Å². The number of aryl methyl sites for hydroxylation is 1. The van der Waals surface area contributed by atoms with Crippen LogP contribution in [-0.4, -0.2) is 21.9 Å². The van der Waals surface area contributed by atoms with E-state index in [1.165, 1.54) is 6.07 Å². The second kappa shape index (κ2) is 7.12. The first kappa shape index (κ1) is 17.9. The van der Waals surface area contributed by atoms with Crippen LogP contribution in [0.4, 0.5) is 4.39 Å². The third-order valence-corrected chi connectivity index (χ3v) is 5.59. The zero-order valence-corrected chi connectivity index (χ0v) is 15.4. The number of fused-ring (bicyclic) bond motifs is 3. The van der Waals surface area contributed by atoms with Crippen molar-refractivity contribution >= 4 is 34.0 Å². The summed E-state index contributed by atoms with van der Waals surface area (Å²) in [5.74, 6) is -0.223. The van der Waals surface area contributed by atoms with Crippen LogP contribution < -0.4 is 11.1 Å². The highest BCUT2D eigenvalue weighted by atomic mass is 32.1. The van der Waals surface area contributed by atoms with Gasteiger partial charge in [-0.15, -0.1) is 0 Å². The van der Waals surface area contributed by atoms with Gasteiger partial charge >= 0.3 is 0 Å². The van der Waals surface area contributed by atoms with Gasteiger partial charge in [-0.05, 0) is 48.9 Å². The molecular weight excluding hydrogens is 337 g/mol. The number of nitrogens with two attached hydrogens (primary N) is 1. The van der Waals surface area contributed by atoms with Gasteiger partial charge in [-0.2, -0.15) is 0 Å². The first-order chi connectivity index (χ1) is 11.9. The highest BCUT2D eigenvalue weighted by Crippen LogP contribution is 2.32. The molecule has 25 heavy (non-hydrogen) atoms. The number of aromatic amines is 1. The Morgan fingerprint density at radius 2 is 2.28 bits per heavy atom. The van der Waals surface area contributed by atoms with Crippen LogP contribution in [0.3, 0.4) is 0 Å². The summed E-state index contributed by atoms with van der Waals surface area (Å²) in [5.41, 5.74) is 8.90. The van der Waals surface area contributed by atoms with Crippen LogP contribution in [-0.2, 0) is 17.6 Å². The Bertz CT molecular complexity index is 816. The molecule has 0 saturated heterocycles. The molecule has 0 radical (unpaired) electrons. The Kier molecular flexibility index (Phi) is 5.08. The number of benzene rings is 1. The standard InChI is InChI=1S/C19H24FN3OS/c1-3-10(2)17(18(21)25)23-19(24)11-4-6-15-13(8-11)14-9-12(20)5-7-16(14)22-15/h5,7,9-11,17,22H,3-4,6,8H2,1-2H3,(H2,21,25)(H,23,24)/t10?,11?,17-/m0/s1. The lowest BCUT2D eigenvalue weighted by atomic mass is 9.85. The fraction of sp³-hybridized carbons (Fsp3) is 0.474. The second-order valence-corrected chi connectivity index (χ2v) is 7.46. The third kappa shape index (κ3) is 3.54. The summed E-state index contributed by atoms with van der Waals surface area (Å²) in [6.07, 6.45) is 3.04. The van der Waals surface area contributed by atoms with Crippen molar-refractivity contribution in [2.75, 3.05) is 0 Å². The van der Waals surface area contributed by atoms with Crippen molar-refractivity contribution in [2.24, 2.45) is 17.6 Å². The lowest BCUT2D eigenvalue weighted by Gasteiger charge is -2.27. The predicted molar refractivity (Wildman–Crippen MR) is 102 cm³/mol. The van der Waals surface area contributed by atoms with Crippen molar-refractivity contribution in [3.05, 3.63) is 35.3 Å². The van der Waals surface area contributed by atoms with E-state index in [-0.39, 0.29) is 29.6 Å². The summed E-state index contributed by atoms with van der Waals surface area (Å²) >= 11 is 5.12. The van der Waals surface area contributed by atoms with Crippen LogP contribution >= 0.6 is 12.2 Å². The summed E-state index contributed by atoms with van der Waals surface area (Å²) in [6, 6.07) is 4.47. The molecule has 134 valence electrons. The predicted octanol–water partition coefficient (Wildman–Crippen LogP) is 3.23. The molecule has 4 nitrogen and oxygen atoms in total. The van der Waals surface area contributed by atoms with Gasteiger partial charge in [0.25, 0.3) is 0 Å². The molecule has 2 aromatic rings. The average molecular weight is 361 g/mol. The van der Waals surface area contributed by atoms with Crippen LogP contribution in [0.5, 0.6) is 0 Å². The largest absolute Gasteiger partial charge is 0.392 e. The topological polar surface area (TPSA) is 70.9 Å². The molecule has 0 spiro atoms. The van der Waals surface area contributed by atoms with Gasteiger partial charge < -0.3 is 16.0 Å². The number of hydrogen-bond donors (Lipinski definition) is 3. The van der Waals surface area contributed by atoms with Crippen LogP contribution in [0, 0.1) is 17.7 Å². The smallest absolute Gasteiger partial charge is 0.224 e. The molecule has 2 unspecified atom stereocenters. The first-order valence-electron chi connectivity index (χ1n) is 8.79. The maximum absolute atomic E-state index is 13.6. The normalized spacial score (nSPS) is 19.2. The second-order valence-electron chi connectivity index (χ2n) is 6.99. The van der Waals surface area contributed by atoms with Crippen molar-refractivity contribution in [3.63, 3.8) is 0 Å². The number of nitrogens with one attached hydrogen (secondary N) is 2. The summed E-state index contributed by atoms with van der Waals surface area (Å²) in [4.78, 5) is 16.4. The molecule has 3 rings (SSSR count). The SMILES string of the molecule is CCC(C)[C@H](NC(=O)C1CCc2[nH]c3ccc(F)cc3c2C1)C(N)=S. The maximum Gasteiger partial charge on any atom is 0.224 e. The molecule has 6 heteroatoms. The average Bonchev–Trinajstić information content (AvgIpc) is 2.95. The van der Waals surface area contributed by atoms with E-state index in [0.717, 1.165) is 41.4 Å². The van der Waals surface area contributed by atoms with Gasteiger partial charge in [-0.25, -0.2) is 4.39 Å². The number of hydrogen-bond acceptors (Lipinski definition) is 2. The minimum Gasteiger partial charge on any atom is -0.392 e. The zero-order valence-electron chi connectivity index (χ0n) is 14.6. The molecule has 1 aromatic carbocycles. The molecule has 1 aliphatic carbocycles. The molecule has 3 atom stereocenters. The van der Waals surface area contributed by atoms with Gasteiger partial charge in [0, 0.05) is 22.5 Å². The summed E-state index contributed by atoms with van der Waals surface area (Å²) in [5, 5.41) is 3.91. The molecular formula is C19H24FN3OS. The Morgan fingerprint density at radius 1 is 1.52 bits per heavy atom. The minimum absolute atomic E-state index is 0.0190. The lowest BCUT2D eigenvalue weighted by Crippen LogP contribution is -2.49. The number of amides is 1. The number of H-pyrrole nitrogens is 1. The van der Waals surface area contributed by atoms with Crippen LogP contribution in [0.1, 0.15) is 37.9 Å². The van der Waals surface area contributed by atoms with Gasteiger partial charge in [0.1, 0.15) is 5.82 Å². The van der Waals surface area contributed by atoms with Crippen LogP contribution in [0.25, 0.3) is 10.9 Å². The molecule has 0 aliphatic heterocycles. The zero-order chi connectivity index (χ0) is 18.1. The van der Waals surface area contributed by atoms with Gasteiger partial charge in [0.05, 0.1) is 11.0 Å². The number of thiocarbonyl (C=S) groups is 1. The number of aromatic nitrogens is 1. The summed E-state index contributed by atoms with van der Waals surface area (Å²) in [7, 11) is 0. The lowest BCUT2D eigenvalue weighted by molar-refractivity contribution is -0.125. The first-order valence-corrected chi connectivity index (χ1v) is 9.20. The van der Waals surface area contributed by atoms with E-state index in [0.29, 0.717) is 11.4 Å². The summed E-state index contributed by atoms with van der Waals surface area (Å²) < 4.78 is 13.6. The molecule has 1 heterocycles. The molecule has 0 bridgehead atoms. The molecule has 1 aromatic heterocycles. The maximum atomic E-state index is 13.6. The van der Waals surface area contributed by atoms with Gasteiger partial charge in [0.2, 0.25) is 5.91 Å². The van der Waals surface area contributed by atoms with Crippen molar-refractivity contribution < 1.29 is 9.18 Å². The third-order valence-electron chi connectivity index (χ3n) is 5.34. The minimum atomic E-state index is -0.283. The fourth-order valence-electron chi connectivity index (χ4n) is 3.61. The van der Waals surface area contributed by atoms with Crippen molar-refractivity contribution in [3.8, 4) is 0 Å². The van der Waals surface area contributed by atoms with E-state index in [4.69, 9.17) is 18.0 Å². The van der Waals surface area contributed by atoms with Crippen LogP contribution in [0.15, 0.2) is 18.2 Å². The van der Waals surface area contributed by atoms with Crippen LogP contribution in [0.2, 0.25) is 0 Å².